The van der Waals surface area contributed by atoms with Gasteiger partial charge in [-0.2, -0.15) is 0 Å². The van der Waals surface area contributed by atoms with Crippen LogP contribution in [0, 0.1) is 0 Å². The minimum absolute atomic E-state index is 0. The number of hydrogen-bond acceptors (Lipinski definition) is 1. The van der Waals surface area contributed by atoms with Gasteiger partial charge < -0.3 is 17.5 Å². The van der Waals surface area contributed by atoms with E-state index in [2.05, 4.69) is 0 Å². The molecule has 0 aliphatic rings. The number of hydrogen-bond donors (Lipinski definition) is 1. The molecule has 0 aromatic carbocycles. The van der Waals surface area contributed by atoms with E-state index >= 15 is 0 Å². The van der Waals surface area contributed by atoms with Crippen molar-refractivity contribution in [2.45, 2.75) is 6.92 Å². The number of carbonyl (C=O) groups is 1. The van der Waals surface area contributed by atoms with Gasteiger partial charge in [0.1, 0.15) is 0 Å². The van der Waals surface area contributed by atoms with Crippen LogP contribution in [0.5, 0.6) is 0 Å². The molecular weight excluding hydrogens is 163 g/mol. The Bertz CT molecular complexity index is 132. The Hall–Kier alpha value is 0.240. The van der Waals surface area contributed by atoms with Crippen molar-refractivity contribution in [3.05, 3.63) is 24.3 Å². The molecule has 0 spiro atoms. The van der Waals surface area contributed by atoms with Gasteiger partial charge in [-0.3, -0.25) is 0 Å². The monoisotopic (exact) mass is 170 g/mol. The van der Waals surface area contributed by atoms with Gasteiger partial charge in [0, 0.05) is 6.08 Å². The number of halogens is 1. The van der Waals surface area contributed by atoms with E-state index in [-0.39, 0.29) is 42.0 Å². The molecule has 0 aliphatic carbocycles. The zero-order valence-electron chi connectivity index (χ0n) is 6.04. The van der Waals surface area contributed by atoms with E-state index < -0.39 is 5.97 Å². The number of rotatable bonds is 2. The molecule has 52 valence electrons. The van der Waals surface area contributed by atoms with Crippen molar-refractivity contribution in [3.8, 4) is 0 Å². The average molecular weight is 171 g/mol. The Morgan fingerprint density at radius 3 is 2.20 bits per heavy atom. The van der Waals surface area contributed by atoms with Crippen molar-refractivity contribution in [1.82, 2.24) is 0 Å². The number of carboxylic acid groups (broad SMARTS) is 1. The molecule has 0 saturated carbocycles. The molecule has 0 aromatic heterocycles. The third kappa shape index (κ3) is 15.7. The van der Waals surface area contributed by atoms with Crippen LogP contribution < -0.4 is 42.0 Å². The second-order valence-corrected chi connectivity index (χ2v) is 1.22. The molecule has 0 amide bonds. The molecular formula is C6H8ClNaO2. The van der Waals surface area contributed by atoms with Gasteiger partial charge in [-0.05, 0) is 6.92 Å². The summed E-state index contributed by atoms with van der Waals surface area (Å²) in [4.78, 5) is 9.75. The van der Waals surface area contributed by atoms with Crippen LogP contribution in [-0.2, 0) is 4.79 Å². The van der Waals surface area contributed by atoms with Gasteiger partial charge in [0.25, 0.3) is 0 Å². The average Bonchev–Trinajstić information content (AvgIpc) is 1.66. The third-order valence-corrected chi connectivity index (χ3v) is 0.542. The fourth-order valence-corrected chi connectivity index (χ4v) is 0.249. The maximum atomic E-state index is 9.75. The van der Waals surface area contributed by atoms with E-state index in [0.29, 0.717) is 0 Å². The molecule has 0 bridgehead atoms. The van der Waals surface area contributed by atoms with E-state index in [1.54, 1.807) is 12.2 Å². The van der Waals surface area contributed by atoms with Crippen LogP contribution >= 0.6 is 0 Å². The summed E-state index contributed by atoms with van der Waals surface area (Å²) in [5, 5.41) is 8.02. The molecule has 0 heterocycles. The van der Waals surface area contributed by atoms with Gasteiger partial charge >= 0.3 is 35.5 Å². The topological polar surface area (TPSA) is 37.3 Å². The quantitative estimate of drug-likeness (QED) is 0.257. The summed E-state index contributed by atoms with van der Waals surface area (Å²) in [5.41, 5.74) is 0. The molecule has 2 nitrogen and oxygen atoms in total. The first-order valence-corrected chi connectivity index (χ1v) is 2.29. The van der Waals surface area contributed by atoms with Gasteiger partial charge in [0.15, 0.2) is 0 Å². The van der Waals surface area contributed by atoms with Crippen LogP contribution in [-0.4, -0.2) is 11.1 Å². The first-order chi connectivity index (χ1) is 3.77. The fraction of sp³-hybridized carbons (Fsp3) is 0.167. The zero-order chi connectivity index (χ0) is 6.41. The molecule has 0 radical (unpaired) electrons. The van der Waals surface area contributed by atoms with Crippen molar-refractivity contribution >= 4 is 5.97 Å². The molecule has 1 N–H and O–H groups in total. The summed E-state index contributed by atoms with van der Waals surface area (Å²) in [6, 6.07) is 0. The number of carboxylic acids is 1. The van der Waals surface area contributed by atoms with Crippen LogP contribution in [0.1, 0.15) is 6.92 Å². The molecule has 4 heteroatoms. The van der Waals surface area contributed by atoms with Crippen molar-refractivity contribution < 1.29 is 51.9 Å². The molecule has 10 heavy (non-hydrogen) atoms. The summed E-state index contributed by atoms with van der Waals surface area (Å²) in [7, 11) is 0. The second-order valence-electron chi connectivity index (χ2n) is 1.22. The van der Waals surface area contributed by atoms with Crippen LogP contribution in [0.15, 0.2) is 24.3 Å². The maximum Gasteiger partial charge on any atom is 1.00 e. The van der Waals surface area contributed by atoms with Gasteiger partial charge in [-0.15, -0.1) is 0 Å². The van der Waals surface area contributed by atoms with Crippen LogP contribution in [0.2, 0.25) is 0 Å². The minimum Gasteiger partial charge on any atom is -1.00 e. The summed E-state index contributed by atoms with van der Waals surface area (Å²) < 4.78 is 0. The Balaban J connectivity index is -0.000000245. The van der Waals surface area contributed by atoms with Crippen molar-refractivity contribution in [3.63, 3.8) is 0 Å². The van der Waals surface area contributed by atoms with Gasteiger partial charge in [-0.1, -0.05) is 18.2 Å². The summed E-state index contributed by atoms with van der Waals surface area (Å²) in [6.45, 7) is 1.83. The second kappa shape index (κ2) is 12.0. The van der Waals surface area contributed by atoms with Crippen LogP contribution in [0.4, 0.5) is 0 Å². The molecule has 0 saturated heterocycles. The Morgan fingerprint density at radius 2 is 1.90 bits per heavy atom. The van der Waals surface area contributed by atoms with E-state index in [1.165, 1.54) is 6.08 Å². The SMILES string of the molecule is CC=CC=CC(=O)O.[Cl-].[Na+]. The number of aliphatic carboxylic acids is 1. The van der Waals surface area contributed by atoms with Crippen LogP contribution in [0.3, 0.4) is 0 Å². The summed E-state index contributed by atoms with van der Waals surface area (Å²) in [5.74, 6) is -0.914. The predicted molar refractivity (Wildman–Crippen MR) is 31.6 cm³/mol. The largest absolute Gasteiger partial charge is 1.00 e. The Morgan fingerprint density at radius 1 is 1.40 bits per heavy atom. The third-order valence-electron chi connectivity index (χ3n) is 0.542. The molecule has 0 unspecified atom stereocenters. The van der Waals surface area contributed by atoms with E-state index in [9.17, 15) is 4.79 Å². The first-order valence-electron chi connectivity index (χ1n) is 2.29. The van der Waals surface area contributed by atoms with Crippen molar-refractivity contribution in [1.29, 1.82) is 0 Å². The molecule has 0 aromatic rings. The standard InChI is InChI=1S/C6H8O2.ClH.Na/c1-2-3-4-5-6(7)8;;/h2-5H,1H3,(H,7,8);1H;/q;;+1/p-1. The molecule has 0 atom stereocenters. The fourth-order valence-electron chi connectivity index (χ4n) is 0.249. The normalized spacial score (nSPS) is 8.90. The van der Waals surface area contributed by atoms with Gasteiger partial charge in [0.05, 0.1) is 0 Å². The number of allylic oxidation sites excluding steroid dienone is 3. The van der Waals surface area contributed by atoms with E-state index in [1.807, 2.05) is 6.92 Å². The Labute approximate surface area is 88.7 Å². The van der Waals surface area contributed by atoms with Crippen molar-refractivity contribution in [2.24, 2.45) is 0 Å². The van der Waals surface area contributed by atoms with Gasteiger partial charge in [0.2, 0.25) is 0 Å². The van der Waals surface area contributed by atoms with Gasteiger partial charge in [-0.25, -0.2) is 4.79 Å². The predicted octanol–water partition coefficient (Wildman–Crippen LogP) is -4.79. The maximum absolute atomic E-state index is 9.75. The van der Waals surface area contributed by atoms with E-state index in [0.717, 1.165) is 6.08 Å². The molecule has 0 aliphatic heterocycles. The van der Waals surface area contributed by atoms with E-state index in [4.69, 9.17) is 5.11 Å². The van der Waals surface area contributed by atoms with Crippen LogP contribution in [0.25, 0.3) is 0 Å². The minimum atomic E-state index is -0.914. The first kappa shape index (κ1) is 16.7. The Kier molecular flexibility index (Phi) is 20.0. The summed E-state index contributed by atoms with van der Waals surface area (Å²) >= 11 is 0. The van der Waals surface area contributed by atoms with Crippen molar-refractivity contribution in [2.75, 3.05) is 0 Å². The smallest absolute Gasteiger partial charge is 1.00 e. The molecule has 0 fully saturated rings. The molecule has 0 rings (SSSR count). The summed E-state index contributed by atoms with van der Waals surface area (Å²) in [6.07, 6.45) is 5.98. The zero-order valence-corrected chi connectivity index (χ0v) is 8.80.